The van der Waals surface area contributed by atoms with Crippen LogP contribution in [0.4, 0.5) is 9.18 Å². The zero-order valence-electron chi connectivity index (χ0n) is 27.1. The molecule has 1 aromatic heterocycles. The Bertz CT molecular complexity index is 2100. The van der Waals surface area contributed by atoms with Gasteiger partial charge in [0, 0.05) is 55.4 Å². The zero-order valence-corrected chi connectivity index (χ0v) is 27.1. The largest absolute Gasteiger partial charge is 0.478 e. The first-order chi connectivity index (χ1) is 24.9. The Morgan fingerprint density at radius 2 is 1.53 bits per heavy atom. The lowest BCUT2D eigenvalue weighted by Crippen LogP contribution is -2.51. The second-order valence-electron chi connectivity index (χ2n) is 12.3. The Hall–Kier alpha value is -5.84. The standard InChI is InChI=1S/C28H26FN5O5.C7H5N3O2/c29-22-3-4-24-23(13-22)30-31-34(24)28(35)33-9-7-32(8-10-33)27(18-1-5-25-20(11-18)14-36-16-38-25)19-2-6-26-21(12-19)15-37-17-39-26;11-7(12)4-1-2-5-6(3-4)9-10-8-5/h1-6,11-13,27H,7-10,14-17H2;1-2H,3H2,(H,11,12). The lowest BCUT2D eigenvalue weighted by molar-refractivity contribution is -0.132. The Morgan fingerprint density at radius 3 is 2.20 bits per heavy atom. The summed E-state index contributed by atoms with van der Waals surface area (Å²) >= 11 is 0. The third-order valence-electron chi connectivity index (χ3n) is 9.14. The lowest BCUT2D eigenvalue weighted by atomic mass is 9.93. The molecule has 5 aliphatic rings. The Balaban J connectivity index is 0.000000263. The van der Waals surface area contributed by atoms with Crippen molar-refractivity contribution in [3.8, 4) is 11.5 Å². The van der Waals surface area contributed by atoms with E-state index in [0.29, 0.717) is 73.8 Å². The smallest absolute Gasteiger partial charge is 0.346 e. The molecule has 15 nitrogen and oxygen atoms in total. The number of nitrogens with zero attached hydrogens (tertiary/aromatic N) is 8. The molecule has 4 aromatic rings. The van der Waals surface area contributed by atoms with Crippen molar-refractivity contribution in [2.45, 2.75) is 25.7 Å². The zero-order chi connectivity index (χ0) is 34.9. The quantitative estimate of drug-likeness (QED) is 0.314. The summed E-state index contributed by atoms with van der Waals surface area (Å²) in [6.45, 7) is 3.81. The van der Waals surface area contributed by atoms with E-state index in [0.717, 1.165) is 33.8 Å². The second-order valence-corrected chi connectivity index (χ2v) is 12.3. The molecule has 0 atom stereocenters. The highest BCUT2D eigenvalue weighted by molar-refractivity contribution is 6.08. The molecule has 1 aliphatic carbocycles. The number of carbonyl (C=O) groups excluding carboxylic acids is 1. The SMILES string of the molecule is O=C(N1CCN(C(c2ccc3c(c2)COCO3)c2ccc3c(c2)COCO3)CC1)n1nnc2cc(F)ccc21.O=C(O)C1=CC=C2N=NN=C2C1. The topological polar surface area (TPSA) is 166 Å². The average molecular weight is 695 g/mol. The van der Waals surface area contributed by atoms with Crippen LogP contribution in [-0.4, -0.2) is 87.4 Å². The van der Waals surface area contributed by atoms with Gasteiger partial charge in [-0.3, -0.25) is 4.90 Å². The number of amides is 1. The summed E-state index contributed by atoms with van der Waals surface area (Å²) in [5.74, 6) is 0.347. The minimum absolute atomic E-state index is 0.0584. The van der Waals surface area contributed by atoms with Crippen LogP contribution in [0.5, 0.6) is 11.5 Å². The van der Waals surface area contributed by atoms with E-state index < -0.39 is 11.8 Å². The Kier molecular flexibility index (Phi) is 8.77. The van der Waals surface area contributed by atoms with Crippen LogP contribution in [-0.2, 0) is 27.5 Å². The fraction of sp³-hybridized carbons (Fsp3) is 0.286. The Morgan fingerprint density at radius 1 is 0.843 bits per heavy atom. The number of rotatable bonds is 4. The summed E-state index contributed by atoms with van der Waals surface area (Å²) in [5, 5.41) is 27.4. The number of aliphatic carboxylic acids is 1. The molecule has 0 saturated carbocycles. The highest BCUT2D eigenvalue weighted by Gasteiger charge is 2.31. The maximum atomic E-state index is 13.6. The summed E-state index contributed by atoms with van der Waals surface area (Å²) in [4.78, 5) is 28.0. The van der Waals surface area contributed by atoms with Crippen molar-refractivity contribution in [1.82, 2.24) is 24.8 Å². The van der Waals surface area contributed by atoms with E-state index in [1.54, 1.807) is 11.0 Å². The number of piperazine rings is 1. The van der Waals surface area contributed by atoms with Crippen LogP contribution >= 0.6 is 0 Å². The van der Waals surface area contributed by atoms with Gasteiger partial charge in [-0.25, -0.2) is 14.0 Å². The van der Waals surface area contributed by atoms with Gasteiger partial charge in [-0.1, -0.05) is 17.3 Å². The van der Waals surface area contributed by atoms with Crippen LogP contribution < -0.4 is 9.47 Å². The third kappa shape index (κ3) is 6.59. The van der Waals surface area contributed by atoms with Gasteiger partial charge in [0.1, 0.15) is 28.5 Å². The van der Waals surface area contributed by atoms with Crippen molar-refractivity contribution < 1.29 is 38.0 Å². The van der Waals surface area contributed by atoms with Gasteiger partial charge in [-0.05, 0) is 64.9 Å². The monoisotopic (exact) mass is 694 g/mol. The molecule has 1 saturated heterocycles. The summed E-state index contributed by atoms with van der Waals surface area (Å²) in [6, 6.07) is 16.3. The summed E-state index contributed by atoms with van der Waals surface area (Å²) in [5.41, 5.74) is 6.71. The maximum Gasteiger partial charge on any atom is 0.346 e. The number of hydrogen-bond acceptors (Lipinski definition) is 12. The average Bonchev–Trinajstić information content (AvgIpc) is 3.82. The minimum atomic E-state index is -0.917. The molecule has 51 heavy (non-hydrogen) atoms. The van der Waals surface area contributed by atoms with Gasteiger partial charge in [0.05, 0.1) is 30.5 Å². The molecule has 3 aromatic carbocycles. The molecule has 1 fully saturated rings. The highest BCUT2D eigenvalue weighted by atomic mass is 19.1. The molecule has 9 rings (SSSR count). The highest BCUT2D eigenvalue weighted by Crippen LogP contribution is 2.36. The summed E-state index contributed by atoms with van der Waals surface area (Å²) in [6.07, 6.45) is 3.46. The fourth-order valence-corrected chi connectivity index (χ4v) is 6.57. The summed E-state index contributed by atoms with van der Waals surface area (Å²) in [7, 11) is 0. The maximum absolute atomic E-state index is 13.6. The van der Waals surface area contributed by atoms with E-state index in [2.05, 4.69) is 54.9 Å². The molecule has 0 spiro atoms. The third-order valence-corrected chi connectivity index (χ3v) is 9.14. The van der Waals surface area contributed by atoms with Gasteiger partial charge in [-0.15, -0.1) is 15.3 Å². The van der Waals surface area contributed by atoms with E-state index >= 15 is 0 Å². The molecule has 1 N–H and O–H groups in total. The summed E-state index contributed by atoms with van der Waals surface area (Å²) < 4.78 is 37.2. The van der Waals surface area contributed by atoms with Crippen LogP contribution in [0.3, 0.4) is 0 Å². The molecular weight excluding hydrogens is 663 g/mol. The number of carboxylic acids is 1. The molecule has 260 valence electrons. The normalized spacial score (nSPS) is 17.9. The van der Waals surface area contributed by atoms with E-state index in [9.17, 15) is 14.0 Å². The number of carboxylic acid groups (broad SMARTS) is 1. The van der Waals surface area contributed by atoms with Gasteiger partial charge >= 0.3 is 12.0 Å². The predicted molar refractivity (Wildman–Crippen MR) is 177 cm³/mol. The molecule has 0 radical (unpaired) electrons. The van der Waals surface area contributed by atoms with Gasteiger partial charge < -0.3 is 29.0 Å². The van der Waals surface area contributed by atoms with E-state index in [1.807, 2.05) is 12.1 Å². The lowest BCUT2D eigenvalue weighted by Gasteiger charge is -2.40. The van der Waals surface area contributed by atoms with Gasteiger partial charge in [0.15, 0.2) is 13.6 Å². The van der Waals surface area contributed by atoms with Gasteiger partial charge in [0.25, 0.3) is 0 Å². The molecule has 4 aliphatic heterocycles. The number of hydrogen-bond donors (Lipinski definition) is 1. The van der Waals surface area contributed by atoms with Crippen molar-refractivity contribution >= 4 is 28.7 Å². The number of fused-ring (bicyclic) bond motifs is 4. The number of aromatic nitrogens is 3. The van der Waals surface area contributed by atoms with Crippen molar-refractivity contribution in [3.63, 3.8) is 0 Å². The number of halogens is 1. The molecule has 0 bridgehead atoms. The molecule has 1 amide bonds. The number of allylic oxidation sites excluding steroid dienone is 3. The molecule has 0 unspecified atom stereocenters. The van der Waals surface area contributed by atoms with Crippen LogP contribution in [0.2, 0.25) is 0 Å². The van der Waals surface area contributed by atoms with Gasteiger partial charge in [0.2, 0.25) is 0 Å². The first-order valence-electron chi connectivity index (χ1n) is 16.2. The van der Waals surface area contributed by atoms with E-state index in [1.165, 1.54) is 29.0 Å². The van der Waals surface area contributed by atoms with Crippen molar-refractivity contribution in [1.29, 1.82) is 0 Å². The number of ether oxygens (including phenoxy) is 4. The van der Waals surface area contributed by atoms with E-state index in [4.69, 9.17) is 24.1 Å². The van der Waals surface area contributed by atoms with Crippen LogP contribution in [0.25, 0.3) is 11.0 Å². The van der Waals surface area contributed by atoms with Crippen LogP contribution in [0, 0.1) is 5.82 Å². The fourth-order valence-electron chi connectivity index (χ4n) is 6.57. The van der Waals surface area contributed by atoms with Crippen molar-refractivity contribution in [2.24, 2.45) is 15.4 Å². The first kappa shape index (κ1) is 32.4. The molecular formula is C35H31FN8O7. The van der Waals surface area contributed by atoms with Crippen molar-refractivity contribution in [3.05, 3.63) is 106 Å². The van der Waals surface area contributed by atoms with Gasteiger partial charge in [-0.2, -0.15) is 4.68 Å². The number of carbonyl (C=O) groups is 2. The van der Waals surface area contributed by atoms with E-state index in [-0.39, 0.29) is 25.7 Å². The van der Waals surface area contributed by atoms with Crippen LogP contribution in [0.15, 0.2) is 93.5 Å². The Labute approximate surface area is 289 Å². The van der Waals surface area contributed by atoms with Crippen LogP contribution in [0.1, 0.15) is 34.7 Å². The minimum Gasteiger partial charge on any atom is -0.478 e. The first-order valence-corrected chi connectivity index (χ1v) is 16.2. The molecule has 5 heterocycles. The van der Waals surface area contributed by atoms with Crippen molar-refractivity contribution in [2.75, 3.05) is 39.8 Å². The predicted octanol–water partition coefficient (Wildman–Crippen LogP) is 4.79. The molecule has 16 heteroatoms. The second kappa shape index (κ2) is 13.8. The number of benzene rings is 3.